The molecule has 0 aromatic carbocycles. The summed E-state index contributed by atoms with van der Waals surface area (Å²) >= 11 is 0. The van der Waals surface area contributed by atoms with Crippen molar-refractivity contribution in [2.75, 3.05) is 0 Å². The molecule has 31 heavy (non-hydrogen) atoms. The summed E-state index contributed by atoms with van der Waals surface area (Å²) in [6.07, 6.45) is 25.8. The minimum Gasteiger partial charge on any atom is -0.472 e. The standard InChI is InChI=1S/C30H44O/c1-6-7-8-9-14-26(2)15-10-16-27(3)17-11-18-28(4)19-12-20-29(5)21-13-22-30-23-24-31-25-30/h15,17,19,21,23-25H,8-14,16,18,20,22H2,1-5H3/b26-15+,27-17+,28-19+,29-21+. The molecule has 0 N–H and O–H groups in total. The van der Waals surface area contributed by atoms with Crippen LogP contribution in [-0.2, 0) is 6.42 Å². The van der Waals surface area contributed by atoms with E-state index in [9.17, 15) is 0 Å². The van der Waals surface area contributed by atoms with Crippen molar-refractivity contribution >= 4 is 0 Å². The maximum atomic E-state index is 5.12. The zero-order valence-corrected chi connectivity index (χ0v) is 20.7. The van der Waals surface area contributed by atoms with Crippen LogP contribution in [0.4, 0.5) is 0 Å². The molecule has 0 radical (unpaired) electrons. The third-order valence-corrected chi connectivity index (χ3v) is 5.65. The van der Waals surface area contributed by atoms with Gasteiger partial charge in [-0.3, -0.25) is 0 Å². The van der Waals surface area contributed by atoms with Crippen LogP contribution < -0.4 is 0 Å². The highest BCUT2D eigenvalue weighted by molar-refractivity contribution is 5.10. The topological polar surface area (TPSA) is 13.1 Å². The summed E-state index contributed by atoms with van der Waals surface area (Å²) in [7, 11) is 0. The monoisotopic (exact) mass is 420 g/mol. The molecule has 1 aromatic rings. The number of allylic oxidation sites excluding steroid dienone is 8. The SMILES string of the molecule is CC#CCCC/C(C)=C/CC/C(C)=C/CC/C(C)=C/CC/C(C)=C/CCc1ccoc1. The predicted octanol–water partition coefficient (Wildman–Crippen LogP) is 9.53. The Hall–Kier alpha value is -2.20. The zero-order chi connectivity index (χ0) is 22.7. The fraction of sp³-hybridized carbons (Fsp3) is 0.533. The van der Waals surface area contributed by atoms with Crippen molar-refractivity contribution in [3.8, 4) is 11.8 Å². The van der Waals surface area contributed by atoms with Crippen molar-refractivity contribution in [2.24, 2.45) is 0 Å². The van der Waals surface area contributed by atoms with Crippen molar-refractivity contribution in [2.45, 2.75) is 105 Å². The van der Waals surface area contributed by atoms with Gasteiger partial charge in [-0.2, -0.15) is 0 Å². The van der Waals surface area contributed by atoms with Crippen LogP contribution in [-0.4, -0.2) is 0 Å². The molecule has 1 heteroatoms. The summed E-state index contributed by atoms with van der Waals surface area (Å²) in [5.74, 6) is 6.11. The number of furan rings is 1. The highest BCUT2D eigenvalue weighted by atomic mass is 16.3. The van der Waals surface area contributed by atoms with Gasteiger partial charge in [0.25, 0.3) is 0 Å². The number of hydrogen-bond acceptors (Lipinski definition) is 1. The van der Waals surface area contributed by atoms with Gasteiger partial charge in [-0.15, -0.1) is 11.8 Å². The van der Waals surface area contributed by atoms with Crippen LogP contribution in [0.5, 0.6) is 0 Å². The first-order valence-electron chi connectivity index (χ1n) is 12.0. The van der Waals surface area contributed by atoms with E-state index in [1.54, 1.807) is 6.26 Å². The summed E-state index contributed by atoms with van der Waals surface area (Å²) in [4.78, 5) is 0. The Morgan fingerprint density at radius 1 is 0.774 bits per heavy atom. The first kappa shape index (κ1) is 26.8. The number of rotatable bonds is 15. The van der Waals surface area contributed by atoms with Crippen molar-refractivity contribution in [3.05, 3.63) is 70.8 Å². The molecule has 0 atom stereocenters. The van der Waals surface area contributed by atoms with Crippen molar-refractivity contribution in [3.63, 3.8) is 0 Å². The summed E-state index contributed by atoms with van der Waals surface area (Å²) in [5.41, 5.74) is 7.32. The third-order valence-electron chi connectivity index (χ3n) is 5.65. The lowest BCUT2D eigenvalue weighted by atomic mass is 10.0. The van der Waals surface area contributed by atoms with Crippen molar-refractivity contribution in [1.82, 2.24) is 0 Å². The minimum absolute atomic E-state index is 1.02. The van der Waals surface area contributed by atoms with Crippen LogP contribution in [0, 0.1) is 11.8 Å². The van der Waals surface area contributed by atoms with E-state index in [0.29, 0.717) is 0 Å². The highest BCUT2D eigenvalue weighted by Crippen LogP contribution is 2.15. The van der Waals surface area contributed by atoms with E-state index < -0.39 is 0 Å². The van der Waals surface area contributed by atoms with Gasteiger partial charge < -0.3 is 4.42 Å². The zero-order valence-electron chi connectivity index (χ0n) is 20.7. The van der Waals surface area contributed by atoms with E-state index in [-0.39, 0.29) is 0 Å². The van der Waals surface area contributed by atoms with Crippen molar-refractivity contribution in [1.29, 1.82) is 0 Å². The predicted molar refractivity (Wildman–Crippen MR) is 137 cm³/mol. The lowest BCUT2D eigenvalue weighted by molar-refractivity contribution is 0.564. The molecule has 0 aliphatic heterocycles. The Bertz CT molecular complexity index is 772. The molecule has 0 unspecified atom stereocenters. The van der Waals surface area contributed by atoms with Gasteiger partial charge in [-0.25, -0.2) is 0 Å². The van der Waals surface area contributed by atoms with Gasteiger partial charge >= 0.3 is 0 Å². The molecule has 170 valence electrons. The van der Waals surface area contributed by atoms with Crippen LogP contribution in [0.3, 0.4) is 0 Å². The molecule has 0 saturated heterocycles. The van der Waals surface area contributed by atoms with Gasteiger partial charge in [0.2, 0.25) is 0 Å². The molecule has 1 heterocycles. The summed E-state index contributed by atoms with van der Waals surface area (Å²) < 4.78 is 5.12. The van der Waals surface area contributed by atoms with E-state index in [1.807, 2.05) is 13.2 Å². The van der Waals surface area contributed by atoms with Gasteiger partial charge in [0.05, 0.1) is 12.5 Å². The Morgan fingerprint density at radius 3 is 1.77 bits per heavy atom. The second-order valence-corrected chi connectivity index (χ2v) is 8.77. The largest absolute Gasteiger partial charge is 0.472 e. The molecule has 1 nitrogen and oxygen atoms in total. The number of aryl methyl sites for hydroxylation is 1. The Morgan fingerprint density at radius 2 is 1.29 bits per heavy atom. The normalized spacial score (nSPS) is 13.3. The maximum Gasteiger partial charge on any atom is 0.0934 e. The fourth-order valence-corrected chi connectivity index (χ4v) is 3.55. The Labute approximate surface area is 192 Å². The van der Waals surface area contributed by atoms with E-state index in [4.69, 9.17) is 4.42 Å². The van der Waals surface area contributed by atoms with Crippen LogP contribution in [0.25, 0.3) is 0 Å². The molecule has 0 spiro atoms. The number of hydrogen-bond donors (Lipinski definition) is 0. The van der Waals surface area contributed by atoms with Gasteiger partial charge in [0.15, 0.2) is 0 Å². The maximum absolute atomic E-state index is 5.12. The van der Waals surface area contributed by atoms with Gasteiger partial charge in [-0.1, -0.05) is 46.6 Å². The summed E-state index contributed by atoms with van der Waals surface area (Å²) in [6.45, 7) is 11.0. The van der Waals surface area contributed by atoms with Crippen LogP contribution in [0.15, 0.2) is 69.6 Å². The molecule has 0 aliphatic carbocycles. The molecule has 0 saturated carbocycles. The van der Waals surface area contributed by atoms with E-state index >= 15 is 0 Å². The molecule has 1 rings (SSSR count). The van der Waals surface area contributed by atoms with E-state index in [1.165, 1.54) is 53.5 Å². The highest BCUT2D eigenvalue weighted by Gasteiger charge is 1.96. The quantitative estimate of drug-likeness (QED) is 0.156. The first-order chi connectivity index (χ1) is 15.0. The van der Waals surface area contributed by atoms with Crippen molar-refractivity contribution < 1.29 is 4.42 Å². The molecule has 0 amide bonds. The fourth-order valence-electron chi connectivity index (χ4n) is 3.55. The molecular formula is C30H44O. The molecule has 0 fully saturated rings. The summed E-state index contributed by atoms with van der Waals surface area (Å²) in [6, 6.07) is 2.05. The summed E-state index contributed by atoms with van der Waals surface area (Å²) in [5, 5.41) is 0. The minimum atomic E-state index is 1.02. The number of unbranched alkanes of at least 4 members (excludes halogenated alkanes) is 1. The van der Waals surface area contributed by atoms with E-state index in [2.05, 4.69) is 69.9 Å². The Balaban J connectivity index is 2.17. The van der Waals surface area contributed by atoms with E-state index in [0.717, 1.165) is 44.9 Å². The van der Waals surface area contributed by atoms with Crippen LogP contribution >= 0.6 is 0 Å². The van der Waals surface area contributed by atoms with Crippen LogP contribution in [0.1, 0.15) is 104 Å². The second-order valence-electron chi connectivity index (χ2n) is 8.77. The molecular weight excluding hydrogens is 376 g/mol. The third kappa shape index (κ3) is 15.3. The van der Waals surface area contributed by atoms with Gasteiger partial charge in [-0.05, 0) is 110 Å². The van der Waals surface area contributed by atoms with Gasteiger partial charge in [0, 0.05) is 6.42 Å². The average molecular weight is 421 g/mol. The second kappa shape index (κ2) is 17.5. The first-order valence-corrected chi connectivity index (χ1v) is 12.0. The lowest BCUT2D eigenvalue weighted by Crippen LogP contribution is -1.84. The Kier molecular flexibility index (Phi) is 15.1. The average Bonchev–Trinajstić information content (AvgIpc) is 3.25. The van der Waals surface area contributed by atoms with Gasteiger partial charge in [0.1, 0.15) is 0 Å². The molecule has 0 aliphatic rings. The van der Waals surface area contributed by atoms with Crippen LogP contribution in [0.2, 0.25) is 0 Å². The molecule has 1 aromatic heterocycles. The lowest BCUT2D eigenvalue weighted by Gasteiger charge is -2.03. The molecule has 0 bridgehead atoms. The smallest absolute Gasteiger partial charge is 0.0934 e.